The summed E-state index contributed by atoms with van der Waals surface area (Å²) in [6.07, 6.45) is 10.5. The van der Waals surface area contributed by atoms with Gasteiger partial charge in [-0.15, -0.1) is 13.2 Å². The van der Waals surface area contributed by atoms with Gasteiger partial charge in [-0.3, -0.25) is 0 Å². The number of rotatable bonds is 6. The number of hydrogen-bond acceptors (Lipinski definition) is 1. The van der Waals surface area contributed by atoms with Crippen LogP contribution in [0.3, 0.4) is 0 Å². The van der Waals surface area contributed by atoms with Crippen LogP contribution in [0.15, 0.2) is 24.3 Å². The van der Waals surface area contributed by atoms with Crippen molar-refractivity contribution in [2.75, 3.05) is 0 Å². The molecule has 2 saturated carbocycles. The number of allylic oxidation sites excluding steroid dienone is 2. The Bertz CT molecular complexity index is 688. The fourth-order valence-corrected chi connectivity index (χ4v) is 5.40. The molecule has 1 nitrogen and oxygen atoms in total. The average Bonchev–Trinajstić information content (AvgIpc) is 2.71. The van der Waals surface area contributed by atoms with Gasteiger partial charge in [-0.25, -0.2) is 8.78 Å². The van der Waals surface area contributed by atoms with Crippen LogP contribution in [0.25, 0.3) is 0 Å². The molecule has 168 valence electrons. The molecule has 1 aromatic carbocycles. The Balaban J connectivity index is 1.51. The normalized spacial score (nSPS) is 28.1. The van der Waals surface area contributed by atoms with Gasteiger partial charge in [0.15, 0.2) is 11.6 Å². The van der Waals surface area contributed by atoms with Crippen molar-refractivity contribution >= 4 is 0 Å². The summed E-state index contributed by atoms with van der Waals surface area (Å²) in [4.78, 5) is 0. The summed E-state index contributed by atoms with van der Waals surface area (Å²) in [7, 11) is 0. The Kier molecular flexibility index (Phi) is 7.81. The molecule has 0 heterocycles. The van der Waals surface area contributed by atoms with Gasteiger partial charge in [-0.2, -0.15) is 0 Å². The molecule has 3 rings (SSSR count). The first-order valence-corrected chi connectivity index (χ1v) is 11.1. The van der Waals surface area contributed by atoms with E-state index in [-0.39, 0.29) is 5.92 Å². The minimum Gasteiger partial charge on any atom is -0.399 e. The van der Waals surface area contributed by atoms with E-state index in [0.717, 1.165) is 56.1 Å². The quantitative estimate of drug-likeness (QED) is 0.326. The second kappa shape index (κ2) is 10.1. The van der Waals surface area contributed by atoms with Crippen molar-refractivity contribution in [3.63, 3.8) is 0 Å². The summed E-state index contributed by atoms with van der Waals surface area (Å²) in [5.74, 6) is -1.74. The van der Waals surface area contributed by atoms with Crippen LogP contribution in [0.2, 0.25) is 0 Å². The number of halogens is 5. The van der Waals surface area contributed by atoms with Crippen molar-refractivity contribution in [3.8, 4) is 5.75 Å². The SMILES string of the molecule is C/C=C/CCC1CCC(C2CCC(c3cc(F)c(OC(F)(F)F)c(F)c3)CC2)CC1. The Morgan fingerprint density at radius 1 is 0.900 bits per heavy atom. The van der Waals surface area contributed by atoms with Crippen molar-refractivity contribution in [1.82, 2.24) is 0 Å². The maximum Gasteiger partial charge on any atom is 0.573 e. The van der Waals surface area contributed by atoms with Crippen molar-refractivity contribution in [3.05, 3.63) is 41.5 Å². The second-order valence-corrected chi connectivity index (χ2v) is 8.90. The average molecular weight is 431 g/mol. The lowest BCUT2D eigenvalue weighted by molar-refractivity contribution is -0.276. The highest BCUT2D eigenvalue weighted by molar-refractivity contribution is 5.33. The predicted octanol–water partition coefficient (Wildman–Crippen LogP) is 8.30. The van der Waals surface area contributed by atoms with Crippen molar-refractivity contribution < 1.29 is 26.7 Å². The fraction of sp³-hybridized carbons (Fsp3) is 0.667. The molecule has 0 unspecified atom stereocenters. The monoisotopic (exact) mass is 430 g/mol. The van der Waals surface area contributed by atoms with E-state index in [9.17, 15) is 22.0 Å². The zero-order chi connectivity index (χ0) is 21.7. The van der Waals surface area contributed by atoms with Gasteiger partial charge < -0.3 is 4.74 Å². The van der Waals surface area contributed by atoms with E-state index in [1.165, 1.54) is 32.1 Å². The van der Waals surface area contributed by atoms with Crippen LogP contribution >= 0.6 is 0 Å². The van der Waals surface area contributed by atoms with Crippen LogP contribution in [-0.2, 0) is 0 Å². The predicted molar refractivity (Wildman–Crippen MR) is 107 cm³/mol. The van der Waals surface area contributed by atoms with Crippen LogP contribution in [0.4, 0.5) is 22.0 Å². The summed E-state index contributed by atoms with van der Waals surface area (Å²) in [5, 5.41) is 0. The number of benzene rings is 1. The molecule has 0 spiro atoms. The molecule has 0 N–H and O–H groups in total. The zero-order valence-electron chi connectivity index (χ0n) is 17.5. The molecule has 0 saturated heterocycles. The van der Waals surface area contributed by atoms with Crippen molar-refractivity contribution in [2.45, 2.75) is 83.4 Å². The first-order chi connectivity index (χ1) is 14.3. The molecule has 2 aliphatic rings. The zero-order valence-corrected chi connectivity index (χ0v) is 17.5. The maximum atomic E-state index is 14.0. The Labute approximate surface area is 175 Å². The molecule has 0 aliphatic heterocycles. The molecular weight excluding hydrogens is 399 g/mol. The minimum atomic E-state index is -5.12. The molecule has 0 bridgehead atoms. The largest absolute Gasteiger partial charge is 0.573 e. The van der Waals surface area contributed by atoms with E-state index < -0.39 is 23.7 Å². The van der Waals surface area contributed by atoms with Gasteiger partial charge >= 0.3 is 6.36 Å². The number of hydrogen-bond donors (Lipinski definition) is 0. The lowest BCUT2D eigenvalue weighted by Crippen LogP contribution is -2.25. The van der Waals surface area contributed by atoms with Crippen LogP contribution in [-0.4, -0.2) is 6.36 Å². The van der Waals surface area contributed by atoms with Gasteiger partial charge in [0.2, 0.25) is 5.75 Å². The molecule has 2 fully saturated rings. The molecule has 0 amide bonds. The Morgan fingerprint density at radius 3 is 1.93 bits per heavy atom. The van der Waals surface area contributed by atoms with Crippen molar-refractivity contribution in [2.24, 2.45) is 17.8 Å². The minimum absolute atomic E-state index is 0.0117. The third-order valence-corrected chi connectivity index (χ3v) is 7.02. The third-order valence-electron chi connectivity index (χ3n) is 7.02. The smallest absolute Gasteiger partial charge is 0.399 e. The lowest BCUT2D eigenvalue weighted by atomic mass is 9.68. The van der Waals surface area contributed by atoms with E-state index in [1.807, 2.05) is 0 Å². The summed E-state index contributed by atoms with van der Waals surface area (Å²) >= 11 is 0. The van der Waals surface area contributed by atoms with Gasteiger partial charge in [0.05, 0.1) is 0 Å². The first kappa shape index (κ1) is 23.1. The third kappa shape index (κ3) is 6.21. The molecule has 6 heteroatoms. The van der Waals surface area contributed by atoms with Gasteiger partial charge in [0.1, 0.15) is 0 Å². The highest BCUT2D eigenvalue weighted by Crippen LogP contribution is 2.45. The second-order valence-electron chi connectivity index (χ2n) is 8.90. The van der Waals surface area contributed by atoms with Gasteiger partial charge in [-0.05, 0) is 99.7 Å². The molecule has 0 aromatic heterocycles. The van der Waals surface area contributed by atoms with Crippen LogP contribution < -0.4 is 4.74 Å². The Morgan fingerprint density at radius 2 is 1.43 bits per heavy atom. The van der Waals surface area contributed by atoms with E-state index in [0.29, 0.717) is 11.5 Å². The topological polar surface area (TPSA) is 9.23 Å². The van der Waals surface area contributed by atoms with Gasteiger partial charge in [0, 0.05) is 0 Å². The fourth-order valence-electron chi connectivity index (χ4n) is 5.40. The molecular formula is C24H31F5O. The van der Waals surface area contributed by atoms with E-state index in [4.69, 9.17) is 0 Å². The number of alkyl halides is 3. The van der Waals surface area contributed by atoms with E-state index in [2.05, 4.69) is 23.8 Å². The molecule has 0 atom stereocenters. The van der Waals surface area contributed by atoms with Crippen LogP contribution in [0.5, 0.6) is 5.75 Å². The van der Waals surface area contributed by atoms with Crippen molar-refractivity contribution in [1.29, 1.82) is 0 Å². The van der Waals surface area contributed by atoms with E-state index >= 15 is 0 Å². The van der Waals surface area contributed by atoms with Crippen LogP contribution in [0, 0.1) is 29.4 Å². The molecule has 1 aromatic rings. The molecule has 2 aliphatic carbocycles. The summed E-state index contributed by atoms with van der Waals surface area (Å²) in [6.45, 7) is 2.06. The maximum absolute atomic E-state index is 14.0. The van der Waals surface area contributed by atoms with E-state index in [1.54, 1.807) is 0 Å². The summed E-state index contributed by atoms with van der Waals surface area (Å²) in [6, 6.07) is 2.01. The first-order valence-electron chi connectivity index (χ1n) is 11.1. The Hall–Kier alpha value is -1.59. The molecule has 0 radical (unpaired) electrons. The standard InChI is InChI=1S/C24H31F5O/c1-2-3-4-5-16-6-8-17(9-7-16)18-10-12-19(13-11-18)20-14-21(25)23(22(26)15-20)30-24(27,28)29/h2-3,14-19H,4-13H2,1H3/b3-2+. The highest BCUT2D eigenvalue weighted by Gasteiger charge is 2.35. The van der Waals surface area contributed by atoms with Gasteiger partial charge in [-0.1, -0.05) is 25.0 Å². The van der Waals surface area contributed by atoms with Crippen LogP contribution in [0.1, 0.15) is 82.6 Å². The number of ether oxygens (including phenoxy) is 1. The summed E-state index contributed by atoms with van der Waals surface area (Å²) in [5.41, 5.74) is 0.436. The highest BCUT2D eigenvalue weighted by atomic mass is 19.4. The lowest BCUT2D eigenvalue weighted by Gasteiger charge is -2.38. The van der Waals surface area contributed by atoms with Gasteiger partial charge in [0.25, 0.3) is 0 Å². The summed E-state index contributed by atoms with van der Waals surface area (Å²) < 4.78 is 68.5. The molecule has 30 heavy (non-hydrogen) atoms.